The van der Waals surface area contributed by atoms with Gasteiger partial charge in [-0.3, -0.25) is 4.79 Å². The molecule has 0 saturated carbocycles. The van der Waals surface area contributed by atoms with Crippen LogP contribution in [0.5, 0.6) is 5.75 Å². The Morgan fingerprint density at radius 3 is 2.42 bits per heavy atom. The molecule has 0 bridgehead atoms. The van der Waals surface area contributed by atoms with Crippen molar-refractivity contribution in [2.75, 3.05) is 5.32 Å². The van der Waals surface area contributed by atoms with Crippen LogP contribution in [0.2, 0.25) is 4.34 Å². The molecule has 0 radical (unpaired) electrons. The third-order valence-corrected chi connectivity index (χ3v) is 3.36. The minimum absolute atomic E-state index is 0.0344. The first kappa shape index (κ1) is 13.8. The number of carbonyl (C=O) groups is 1. The summed E-state index contributed by atoms with van der Waals surface area (Å²) >= 11 is 6.88. The molecule has 2 rings (SSSR count). The molecule has 1 aromatic heterocycles. The third kappa shape index (κ3) is 3.90. The molecule has 0 saturated heterocycles. The quantitative estimate of drug-likeness (QED) is 0.916. The molecule has 0 aliphatic rings. The van der Waals surface area contributed by atoms with Crippen molar-refractivity contribution >= 4 is 34.5 Å². The van der Waals surface area contributed by atoms with Crippen molar-refractivity contribution in [1.82, 2.24) is 0 Å². The Morgan fingerprint density at radius 2 is 1.89 bits per heavy atom. The predicted octanol–water partition coefficient (Wildman–Crippen LogP) is 4.26. The zero-order valence-corrected chi connectivity index (χ0v) is 11.0. The highest BCUT2D eigenvalue weighted by Crippen LogP contribution is 2.23. The van der Waals surface area contributed by atoms with E-state index in [0.29, 0.717) is 14.9 Å². The lowest BCUT2D eigenvalue weighted by atomic mass is 10.3. The molecule has 0 aliphatic heterocycles. The van der Waals surface area contributed by atoms with Gasteiger partial charge in [0, 0.05) is 5.69 Å². The maximum atomic E-state index is 12.0. The second-order valence-corrected chi connectivity index (χ2v) is 5.18. The van der Waals surface area contributed by atoms with E-state index in [1.54, 1.807) is 12.1 Å². The Balaban J connectivity index is 2.01. The second kappa shape index (κ2) is 5.99. The number of thiophene rings is 1. The number of benzene rings is 1. The zero-order chi connectivity index (χ0) is 13.8. The number of alkyl halides is 2. The number of amides is 1. The molecule has 1 N–H and O–H groups in total. The summed E-state index contributed by atoms with van der Waals surface area (Å²) in [5.74, 6) is -0.272. The second-order valence-electron chi connectivity index (χ2n) is 3.46. The number of anilines is 1. The first-order valence-electron chi connectivity index (χ1n) is 5.16. The number of nitrogens with one attached hydrogen (secondary N) is 1. The molecule has 0 unspecified atom stereocenters. The molecular weight excluding hydrogens is 296 g/mol. The van der Waals surface area contributed by atoms with Crippen molar-refractivity contribution < 1.29 is 18.3 Å². The summed E-state index contributed by atoms with van der Waals surface area (Å²) in [7, 11) is 0. The van der Waals surface area contributed by atoms with Gasteiger partial charge in [-0.15, -0.1) is 11.3 Å². The van der Waals surface area contributed by atoms with Crippen LogP contribution in [0.15, 0.2) is 36.4 Å². The number of carbonyl (C=O) groups excluding carboxylic acids is 1. The van der Waals surface area contributed by atoms with Crippen molar-refractivity contribution in [3.63, 3.8) is 0 Å². The molecule has 0 atom stereocenters. The van der Waals surface area contributed by atoms with Crippen LogP contribution in [-0.4, -0.2) is 12.5 Å². The standard InChI is InChI=1S/C12H8ClF2NO2S/c13-10-6-5-9(19-10)11(17)16-7-1-3-8(4-2-7)18-12(14)15/h1-6,12H,(H,16,17). The third-order valence-electron chi connectivity index (χ3n) is 2.13. The van der Waals surface area contributed by atoms with Crippen molar-refractivity contribution in [1.29, 1.82) is 0 Å². The predicted molar refractivity (Wildman–Crippen MR) is 70.4 cm³/mol. The molecule has 0 fully saturated rings. The molecule has 1 aromatic carbocycles. The van der Waals surface area contributed by atoms with E-state index in [1.165, 1.54) is 24.3 Å². The van der Waals surface area contributed by atoms with E-state index in [2.05, 4.69) is 10.1 Å². The average molecular weight is 304 g/mol. The molecule has 19 heavy (non-hydrogen) atoms. The normalized spacial score (nSPS) is 10.5. The topological polar surface area (TPSA) is 38.3 Å². The highest BCUT2D eigenvalue weighted by atomic mass is 35.5. The summed E-state index contributed by atoms with van der Waals surface area (Å²) in [4.78, 5) is 12.2. The highest BCUT2D eigenvalue weighted by molar-refractivity contribution is 7.18. The lowest BCUT2D eigenvalue weighted by Gasteiger charge is -2.06. The Bertz CT molecular complexity index is 571. The van der Waals surface area contributed by atoms with Gasteiger partial charge in [0.1, 0.15) is 5.75 Å². The monoisotopic (exact) mass is 303 g/mol. The van der Waals surface area contributed by atoms with Crippen molar-refractivity contribution in [3.05, 3.63) is 45.6 Å². The van der Waals surface area contributed by atoms with Gasteiger partial charge in [-0.2, -0.15) is 8.78 Å². The molecule has 7 heteroatoms. The summed E-state index contributed by atoms with van der Waals surface area (Å²) < 4.78 is 28.6. The van der Waals surface area contributed by atoms with E-state index < -0.39 is 6.61 Å². The van der Waals surface area contributed by atoms with Gasteiger partial charge < -0.3 is 10.1 Å². The van der Waals surface area contributed by atoms with Crippen LogP contribution in [0, 0.1) is 0 Å². The van der Waals surface area contributed by atoms with Gasteiger partial charge in [0.2, 0.25) is 0 Å². The van der Waals surface area contributed by atoms with E-state index in [-0.39, 0.29) is 11.7 Å². The Labute approximate surface area is 116 Å². The molecule has 0 spiro atoms. The molecular formula is C12H8ClF2NO2S. The number of hydrogen-bond donors (Lipinski definition) is 1. The first-order chi connectivity index (χ1) is 9.04. The fourth-order valence-electron chi connectivity index (χ4n) is 1.35. The van der Waals surface area contributed by atoms with E-state index in [9.17, 15) is 13.6 Å². The van der Waals surface area contributed by atoms with E-state index >= 15 is 0 Å². The Morgan fingerprint density at radius 1 is 1.21 bits per heavy atom. The largest absolute Gasteiger partial charge is 0.435 e. The van der Waals surface area contributed by atoms with Crippen LogP contribution in [0.25, 0.3) is 0 Å². The number of ether oxygens (including phenoxy) is 1. The van der Waals surface area contributed by atoms with Crippen LogP contribution >= 0.6 is 22.9 Å². The molecule has 3 nitrogen and oxygen atoms in total. The Hall–Kier alpha value is -1.66. The highest BCUT2D eigenvalue weighted by Gasteiger charge is 2.09. The van der Waals surface area contributed by atoms with Crippen LogP contribution in [0.4, 0.5) is 14.5 Å². The summed E-state index contributed by atoms with van der Waals surface area (Å²) in [5, 5.41) is 2.62. The van der Waals surface area contributed by atoms with Crippen LogP contribution in [0.3, 0.4) is 0 Å². The van der Waals surface area contributed by atoms with Gasteiger partial charge in [0.05, 0.1) is 9.21 Å². The maximum Gasteiger partial charge on any atom is 0.387 e. The van der Waals surface area contributed by atoms with Crippen LogP contribution in [0.1, 0.15) is 9.67 Å². The van der Waals surface area contributed by atoms with Gasteiger partial charge in [0.15, 0.2) is 0 Å². The molecule has 1 amide bonds. The molecule has 1 heterocycles. The number of halogens is 3. The maximum absolute atomic E-state index is 12.0. The Kier molecular flexibility index (Phi) is 4.34. The summed E-state index contributed by atoms with van der Waals surface area (Å²) in [6.07, 6.45) is 0. The van der Waals surface area contributed by atoms with Crippen LogP contribution in [-0.2, 0) is 0 Å². The van der Waals surface area contributed by atoms with E-state index in [0.717, 1.165) is 11.3 Å². The number of rotatable bonds is 4. The first-order valence-corrected chi connectivity index (χ1v) is 6.35. The van der Waals surface area contributed by atoms with E-state index in [4.69, 9.17) is 11.6 Å². The zero-order valence-electron chi connectivity index (χ0n) is 9.40. The lowest BCUT2D eigenvalue weighted by Crippen LogP contribution is -2.10. The molecule has 100 valence electrons. The average Bonchev–Trinajstić information content (AvgIpc) is 2.78. The smallest absolute Gasteiger partial charge is 0.387 e. The minimum atomic E-state index is -2.87. The SMILES string of the molecule is O=C(Nc1ccc(OC(F)F)cc1)c1ccc(Cl)s1. The van der Waals surface area contributed by atoms with Crippen molar-refractivity contribution in [3.8, 4) is 5.75 Å². The van der Waals surface area contributed by atoms with Gasteiger partial charge >= 0.3 is 6.61 Å². The van der Waals surface area contributed by atoms with Gasteiger partial charge in [-0.05, 0) is 36.4 Å². The lowest BCUT2D eigenvalue weighted by molar-refractivity contribution is -0.0498. The fourth-order valence-corrected chi connectivity index (χ4v) is 2.29. The van der Waals surface area contributed by atoms with Gasteiger partial charge in [-0.25, -0.2) is 0 Å². The summed E-state index contributed by atoms with van der Waals surface area (Å²) in [6, 6.07) is 8.89. The van der Waals surface area contributed by atoms with Crippen molar-refractivity contribution in [2.24, 2.45) is 0 Å². The number of hydrogen-bond acceptors (Lipinski definition) is 3. The van der Waals surface area contributed by atoms with Crippen LogP contribution < -0.4 is 10.1 Å². The summed E-state index contributed by atoms with van der Waals surface area (Å²) in [5.41, 5.74) is 0.483. The minimum Gasteiger partial charge on any atom is -0.435 e. The van der Waals surface area contributed by atoms with Gasteiger partial charge in [0.25, 0.3) is 5.91 Å². The van der Waals surface area contributed by atoms with Crippen molar-refractivity contribution in [2.45, 2.75) is 6.61 Å². The summed E-state index contributed by atoms with van der Waals surface area (Å²) in [6.45, 7) is -2.87. The molecule has 0 aliphatic carbocycles. The fraction of sp³-hybridized carbons (Fsp3) is 0.0833. The van der Waals surface area contributed by atoms with Gasteiger partial charge in [-0.1, -0.05) is 11.6 Å². The van der Waals surface area contributed by atoms with E-state index in [1.807, 2.05) is 0 Å². The molecule has 2 aromatic rings.